The van der Waals surface area contributed by atoms with Crippen LogP contribution < -0.4 is 4.90 Å². The second-order valence-corrected chi connectivity index (χ2v) is 7.45. The molecule has 2 heterocycles. The van der Waals surface area contributed by atoms with Gasteiger partial charge in [0.15, 0.2) is 0 Å². The monoisotopic (exact) mass is 413 g/mol. The number of carbonyl (C=O) groups is 3. The minimum Gasteiger partial charge on any atom is -0.450 e. The number of amides is 3. The summed E-state index contributed by atoms with van der Waals surface area (Å²) in [6.07, 6.45) is -0.314. The molecule has 28 heavy (non-hydrogen) atoms. The van der Waals surface area contributed by atoms with Crippen molar-refractivity contribution in [2.75, 3.05) is 37.7 Å². The summed E-state index contributed by atoms with van der Waals surface area (Å²) >= 11 is 0.408. The molecule has 0 saturated carbocycles. The normalized spacial score (nSPS) is 20.9. The maximum Gasteiger partial charge on any atom is 0.409 e. The number of benzene rings is 1. The van der Waals surface area contributed by atoms with Gasteiger partial charge < -0.3 is 9.64 Å². The first-order valence-electron chi connectivity index (χ1n) is 8.98. The maximum atomic E-state index is 12.8. The summed E-state index contributed by atoms with van der Waals surface area (Å²) in [6.45, 7) is 3.84. The summed E-state index contributed by atoms with van der Waals surface area (Å²) in [7, 11) is 0. The van der Waals surface area contributed by atoms with Gasteiger partial charge in [0.05, 0.1) is 24.8 Å². The number of thioether (sulfide) groups is 1. The highest BCUT2D eigenvalue weighted by molar-refractivity contribution is 7.99. The predicted octanol–water partition coefficient (Wildman–Crippen LogP) is 2.41. The standard InChI is InChI=1S/C18H21F2N3O4S/c1-2-27-18(26)22-9-7-21(8-10-22)14-11-15(24)23(16(14)25)12-3-5-13(6-4-12)28-17(19)20/h3-6,14,17H,2,7-11H2,1H3. The molecule has 2 aliphatic heterocycles. The lowest BCUT2D eigenvalue weighted by Gasteiger charge is -2.36. The summed E-state index contributed by atoms with van der Waals surface area (Å²) < 4.78 is 29.8. The molecular weight excluding hydrogens is 392 g/mol. The highest BCUT2D eigenvalue weighted by atomic mass is 32.2. The van der Waals surface area contributed by atoms with Crippen LogP contribution in [0, 0.1) is 0 Å². The number of ether oxygens (including phenoxy) is 1. The Morgan fingerprint density at radius 2 is 1.82 bits per heavy atom. The highest BCUT2D eigenvalue weighted by Crippen LogP contribution is 2.30. The Balaban J connectivity index is 1.63. The van der Waals surface area contributed by atoms with Crippen LogP contribution in [-0.2, 0) is 14.3 Å². The number of hydrogen-bond donors (Lipinski definition) is 0. The lowest BCUT2D eigenvalue weighted by Crippen LogP contribution is -2.54. The molecule has 1 unspecified atom stereocenters. The van der Waals surface area contributed by atoms with Gasteiger partial charge in [0.2, 0.25) is 5.91 Å². The van der Waals surface area contributed by atoms with Gasteiger partial charge in [0.25, 0.3) is 11.7 Å². The van der Waals surface area contributed by atoms with Crippen molar-refractivity contribution in [1.29, 1.82) is 0 Å². The topological polar surface area (TPSA) is 70.2 Å². The third kappa shape index (κ3) is 4.44. The van der Waals surface area contributed by atoms with Gasteiger partial charge in [-0.1, -0.05) is 11.8 Å². The fourth-order valence-electron chi connectivity index (χ4n) is 3.38. The van der Waals surface area contributed by atoms with Gasteiger partial charge in [0.1, 0.15) is 0 Å². The molecule has 1 aromatic carbocycles. The van der Waals surface area contributed by atoms with E-state index in [0.717, 1.165) is 4.90 Å². The van der Waals surface area contributed by atoms with Crippen LogP contribution in [0.2, 0.25) is 0 Å². The molecule has 3 amide bonds. The first-order chi connectivity index (χ1) is 13.4. The van der Waals surface area contributed by atoms with E-state index in [1.165, 1.54) is 24.3 Å². The molecule has 152 valence electrons. The quantitative estimate of drug-likeness (QED) is 0.546. The Bertz CT molecular complexity index is 739. The summed E-state index contributed by atoms with van der Waals surface area (Å²) in [4.78, 5) is 42.0. The van der Waals surface area contributed by atoms with E-state index in [1.807, 2.05) is 4.90 Å². The first kappa shape index (κ1) is 20.5. The third-order valence-electron chi connectivity index (χ3n) is 4.72. The average molecular weight is 413 g/mol. The molecule has 0 aromatic heterocycles. The molecule has 0 aliphatic carbocycles. The van der Waals surface area contributed by atoms with Crippen LogP contribution in [0.15, 0.2) is 29.2 Å². The lowest BCUT2D eigenvalue weighted by molar-refractivity contribution is -0.123. The smallest absolute Gasteiger partial charge is 0.409 e. The first-order valence-corrected chi connectivity index (χ1v) is 9.86. The summed E-state index contributed by atoms with van der Waals surface area (Å²) in [6, 6.07) is 5.37. The largest absolute Gasteiger partial charge is 0.450 e. The van der Waals surface area contributed by atoms with E-state index in [2.05, 4.69) is 0 Å². The number of anilines is 1. The number of hydrogen-bond acceptors (Lipinski definition) is 6. The van der Waals surface area contributed by atoms with Gasteiger partial charge in [0, 0.05) is 31.1 Å². The molecule has 2 saturated heterocycles. The number of halogens is 2. The van der Waals surface area contributed by atoms with Crippen LogP contribution in [-0.4, -0.2) is 72.3 Å². The van der Waals surface area contributed by atoms with Crippen molar-refractivity contribution in [3.8, 4) is 0 Å². The maximum absolute atomic E-state index is 12.8. The highest BCUT2D eigenvalue weighted by Gasteiger charge is 2.43. The lowest BCUT2D eigenvalue weighted by atomic mass is 10.2. The Morgan fingerprint density at radius 3 is 2.39 bits per heavy atom. The number of piperazine rings is 1. The molecule has 10 heteroatoms. The summed E-state index contributed by atoms with van der Waals surface area (Å²) in [5.41, 5.74) is 0.376. The average Bonchev–Trinajstić information content (AvgIpc) is 2.97. The van der Waals surface area contributed by atoms with Crippen LogP contribution >= 0.6 is 11.8 Å². The van der Waals surface area contributed by atoms with Crippen LogP contribution in [0.4, 0.5) is 19.3 Å². The van der Waals surface area contributed by atoms with Crippen molar-refractivity contribution >= 4 is 35.4 Å². The van der Waals surface area contributed by atoms with Gasteiger partial charge in [-0.25, -0.2) is 9.69 Å². The Morgan fingerprint density at radius 1 is 1.18 bits per heavy atom. The van der Waals surface area contributed by atoms with Gasteiger partial charge >= 0.3 is 6.09 Å². The van der Waals surface area contributed by atoms with E-state index >= 15 is 0 Å². The van der Waals surface area contributed by atoms with Gasteiger partial charge in [-0.05, 0) is 31.2 Å². The molecular formula is C18H21F2N3O4S. The van der Waals surface area contributed by atoms with Gasteiger partial charge in [-0.3, -0.25) is 14.5 Å². The van der Waals surface area contributed by atoms with E-state index in [-0.39, 0.29) is 24.3 Å². The Hall–Kier alpha value is -2.20. The number of rotatable bonds is 5. The van der Waals surface area contributed by atoms with Crippen molar-refractivity contribution in [1.82, 2.24) is 9.80 Å². The third-order valence-corrected chi connectivity index (χ3v) is 5.45. The van der Waals surface area contributed by atoms with Crippen molar-refractivity contribution in [3.05, 3.63) is 24.3 Å². The Labute approximate surface area is 165 Å². The van der Waals surface area contributed by atoms with Crippen LogP contribution in [0.5, 0.6) is 0 Å². The zero-order chi connectivity index (χ0) is 20.3. The molecule has 0 spiro atoms. The van der Waals surface area contributed by atoms with E-state index < -0.39 is 11.8 Å². The molecule has 1 aromatic rings. The summed E-state index contributed by atoms with van der Waals surface area (Å²) in [5.74, 6) is -3.18. The molecule has 0 N–H and O–H groups in total. The molecule has 0 radical (unpaired) electrons. The Kier molecular flexibility index (Phi) is 6.50. The fraction of sp³-hybridized carbons (Fsp3) is 0.500. The number of nitrogens with zero attached hydrogens (tertiary/aromatic N) is 3. The van der Waals surface area contributed by atoms with E-state index in [9.17, 15) is 23.2 Å². The zero-order valence-electron chi connectivity index (χ0n) is 15.3. The van der Waals surface area contributed by atoms with Crippen LogP contribution in [0.25, 0.3) is 0 Å². The predicted molar refractivity (Wildman–Crippen MR) is 99.4 cm³/mol. The molecule has 2 aliphatic rings. The number of carbonyl (C=O) groups excluding carboxylic acids is 3. The molecule has 7 nitrogen and oxygen atoms in total. The zero-order valence-corrected chi connectivity index (χ0v) is 16.2. The van der Waals surface area contributed by atoms with E-state index in [1.54, 1.807) is 11.8 Å². The van der Waals surface area contributed by atoms with Crippen LogP contribution in [0.1, 0.15) is 13.3 Å². The van der Waals surface area contributed by atoms with Crippen molar-refractivity contribution in [2.24, 2.45) is 0 Å². The molecule has 2 fully saturated rings. The van der Waals surface area contributed by atoms with E-state index in [0.29, 0.717) is 55.1 Å². The van der Waals surface area contributed by atoms with Crippen LogP contribution in [0.3, 0.4) is 0 Å². The van der Waals surface area contributed by atoms with Gasteiger partial charge in [-0.15, -0.1) is 0 Å². The van der Waals surface area contributed by atoms with Crippen molar-refractivity contribution in [3.63, 3.8) is 0 Å². The number of imide groups is 1. The molecule has 3 rings (SSSR count). The number of alkyl halides is 2. The second-order valence-electron chi connectivity index (χ2n) is 6.38. The SMILES string of the molecule is CCOC(=O)N1CCN(C2CC(=O)N(c3ccc(SC(F)F)cc3)C2=O)CC1. The minimum atomic E-state index is -2.53. The van der Waals surface area contributed by atoms with Gasteiger partial charge in [-0.2, -0.15) is 8.78 Å². The van der Waals surface area contributed by atoms with Crippen molar-refractivity contribution in [2.45, 2.75) is 30.0 Å². The molecule has 1 atom stereocenters. The summed E-state index contributed by atoms with van der Waals surface area (Å²) in [5, 5.41) is 0. The molecule has 0 bridgehead atoms. The van der Waals surface area contributed by atoms with Crippen molar-refractivity contribution < 1.29 is 27.9 Å². The second kappa shape index (κ2) is 8.87. The minimum absolute atomic E-state index is 0.0613. The fourth-order valence-corrected chi connectivity index (χ4v) is 3.88. The van der Waals surface area contributed by atoms with E-state index in [4.69, 9.17) is 4.74 Å².